The molecule has 2 rings (SSSR count). The Morgan fingerprint density at radius 3 is 2.39 bits per heavy atom. The van der Waals surface area contributed by atoms with E-state index in [2.05, 4.69) is 15.9 Å². The van der Waals surface area contributed by atoms with Crippen LogP contribution in [0.5, 0.6) is 11.5 Å². The lowest BCUT2D eigenvalue weighted by Crippen LogP contribution is -2.12. The molecular formula is C13H11BrN2O2. The van der Waals surface area contributed by atoms with Crippen molar-refractivity contribution in [2.75, 3.05) is 5.73 Å². The molecule has 2 aromatic rings. The van der Waals surface area contributed by atoms with Gasteiger partial charge in [0.25, 0.3) is 5.91 Å². The second-order valence-electron chi connectivity index (χ2n) is 3.68. The number of primary amides is 1. The normalized spacial score (nSPS) is 10.1. The summed E-state index contributed by atoms with van der Waals surface area (Å²) in [5.74, 6) is 0.458. The third kappa shape index (κ3) is 2.81. The fraction of sp³-hybridized carbons (Fsp3) is 0. The minimum absolute atomic E-state index is 0.329. The van der Waals surface area contributed by atoms with Crippen LogP contribution in [0.4, 0.5) is 5.69 Å². The number of carbonyl (C=O) groups is 1. The summed E-state index contributed by atoms with van der Waals surface area (Å²) in [5.41, 5.74) is 11.8. The molecule has 18 heavy (non-hydrogen) atoms. The number of ether oxygens (including phenoxy) is 1. The van der Waals surface area contributed by atoms with Gasteiger partial charge >= 0.3 is 0 Å². The van der Waals surface area contributed by atoms with Crippen LogP contribution >= 0.6 is 15.9 Å². The van der Waals surface area contributed by atoms with E-state index in [1.165, 1.54) is 0 Å². The minimum atomic E-state index is -0.534. The first kappa shape index (κ1) is 12.4. The molecule has 0 spiro atoms. The molecule has 0 heterocycles. The van der Waals surface area contributed by atoms with Crippen molar-refractivity contribution >= 4 is 27.5 Å². The first-order valence-corrected chi connectivity index (χ1v) is 5.98. The van der Waals surface area contributed by atoms with Gasteiger partial charge in [0.05, 0.1) is 5.56 Å². The zero-order valence-electron chi connectivity index (χ0n) is 9.39. The van der Waals surface area contributed by atoms with Crippen molar-refractivity contribution in [1.29, 1.82) is 0 Å². The van der Waals surface area contributed by atoms with Gasteiger partial charge in [0.1, 0.15) is 11.5 Å². The summed E-state index contributed by atoms with van der Waals surface area (Å²) in [4.78, 5) is 11.3. The number of amides is 1. The zero-order chi connectivity index (χ0) is 13.1. The van der Waals surface area contributed by atoms with Gasteiger partial charge in [-0.05, 0) is 42.5 Å². The Balaban J connectivity index is 2.35. The molecule has 5 heteroatoms. The first-order chi connectivity index (χ1) is 8.56. The highest BCUT2D eigenvalue weighted by Gasteiger charge is 2.10. The van der Waals surface area contributed by atoms with Crippen molar-refractivity contribution in [3.63, 3.8) is 0 Å². The third-order valence-electron chi connectivity index (χ3n) is 2.32. The average molecular weight is 307 g/mol. The highest BCUT2D eigenvalue weighted by molar-refractivity contribution is 9.10. The van der Waals surface area contributed by atoms with Crippen molar-refractivity contribution in [3.8, 4) is 11.5 Å². The Hall–Kier alpha value is -2.01. The lowest BCUT2D eigenvalue weighted by Gasteiger charge is -2.09. The minimum Gasteiger partial charge on any atom is -0.456 e. The maximum Gasteiger partial charge on any atom is 0.252 e. The molecule has 0 atom stereocenters. The quantitative estimate of drug-likeness (QED) is 0.856. The summed E-state index contributed by atoms with van der Waals surface area (Å²) >= 11 is 3.32. The van der Waals surface area contributed by atoms with Crippen LogP contribution in [-0.2, 0) is 0 Å². The van der Waals surface area contributed by atoms with Gasteiger partial charge in [0, 0.05) is 10.2 Å². The summed E-state index contributed by atoms with van der Waals surface area (Å²) in [6.07, 6.45) is 0. The molecule has 0 aliphatic carbocycles. The van der Waals surface area contributed by atoms with E-state index >= 15 is 0 Å². The topological polar surface area (TPSA) is 78.3 Å². The van der Waals surface area contributed by atoms with Gasteiger partial charge in [-0.2, -0.15) is 0 Å². The molecule has 4 nitrogen and oxygen atoms in total. The molecule has 1 amide bonds. The van der Waals surface area contributed by atoms with Crippen molar-refractivity contribution in [2.24, 2.45) is 5.73 Å². The smallest absolute Gasteiger partial charge is 0.252 e. The molecule has 0 aromatic heterocycles. The van der Waals surface area contributed by atoms with E-state index in [1.54, 1.807) is 42.5 Å². The van der Waals surface area contributed by atoms with Crippen LogP contribution in [0.3, 0.4) is 0 Å². The summed E-state index contributed by atoms with van der Waals surface area (Å²) in [6.45, 7) is 0. The maximum absolute atomic E-state index is 11.3. The molecule has 4 N–H and O–H groups in total. The Morgan fingerprint density at radius 1 is 1.11 bits per heavy atom. The van der Waals surface area contributed by atoms with Crippen LogP contribution in [0, 0.1) is 0 Å². The van der Waals surface area contributed by atoms with Gasteiger partial charge in [0.2, 0.25) is 0 Å². The van der Waals surface area contributed by atoms with Gasteiger partial charge < -0.3 is 16.2 Å². The monoisotopic (exact) mass is 306 g/mol. The summed E-state index contributed by atoms with van der Waals surface area (Å²) in [5, 5.41) is 0. The molecule has 0 saturated carbocycles. The van der Waals surface area contributed by atoms with Crippen molar-refractivity contribution in [1.82, 2.24) is 0 Å². The number of nitrogen functional groups attached to an aromatic ring is 1. The van der Waals surface area contributed by atoms with Crippen molar-refractivity contribution in [2.45, 2.75) is 0 Å². The van der Waals surface area contributed by atoms with Gasteiger partial charge in [-0.15, -0.1) is 0 Å². The van der Waals surface area contributed by atoms with E-state index in [9.17, 15) is 4.79 Å². The van der Waals surface area contributed by atoms with E-state index in [-0.39, 0.29) is 0 Å². The number of benzene rings is 2. The molecule has 0 saturated heterocycles. The predicted molar refractivity (Wildman–Crippen MR) is 73.6 cm³/mol. The Morgan fingerprint density at radius 2 is 1.78 bits per heavy atom. The van der Waals surface area contributed by atoms with Crippen LogP contribution in [0.2, 0.25) is 0 Å². The zero-order valence-corrected chi connectivity index (χ0v) is 11.0. The fourth-order valence-electron chi connectivity index (χ4n) is 1.45. The standard InChI is InChI=1S/C13H11BrN2O2/c14-8-1-6-11(13(16)17)12(7-8)18-10-4-2-9(15)3-5-10/h1-7H,15H2,(H2,16,17). The van der Waals surface area contributed by atoms with E-state index in [1.807, 2.05) is 0 Å². The molecule has 0 aliphatic heterocycles. The Bertz CT molecular complexity index is 582. The second kappa shape index (κ2) is 5.10. The van der Waals surface area contributed by atoms with Crippen LogP contribution in [-0.4, -0.2) is 5.91 Å². The van der Waals surface area contributed by atoms with Crippen molar-refractivity contribution < 1.29 is 9.53 Å². The highest BCUT2D eigenvalue weighted by atomic mass is 79.9. The van der Waals surface area contributed by atoms with Gasteiger partial charge in [-0.25, -0.2) is 0 Å². The summed E-state index contributed by atoms with van der Waals surface area (Å²) in [6, 6.07) is 11.9. The number of halogens is 1. The molecule has 0 bridgehead atoms. The second-order valence-corrected chi connectivity index (χ2v) is 4.59. The molecule has 0 radical (unpaired) electrons. The number of nitrogens with two attached hydrogens (primary N) is 2. The summed E-state index contributed by atoms with van der Waals surface area (Å²) < 4.78 is 6.42. The summed E-state index contributed by atoms with van der Waals surface area (Å²) in [7, 11) is 0. The fourth-order valence-corrected chi connectivity index (χ4v) is 1.79. The molecule has 92 valence electrons. The van der Waals surface area contributed by atoms with Gasteiger partial charge in [-0.3, -0.25) is 4.79 Å². The Kier molecular flexibility index (Phi) is 3.53. The van der Waals surface area contributed by atoms with Crippen LogP contribution < -0.4 is 16.2 Å². The van der Waals surface area contributed by atoms with E-state index in [0.29, 0.717) is 22.7 Å². The largest absolute Gasteiger partial charge is 0.456 e. The highest BCUT2D eigenvalue weighted by Crippen LogP contribution is 2.28. The maximum atomic E-state index is 11.3. The average Bonchev–Trinajstić information content (AvgIpc) is 2.32. The van der Waals surface area contributed by atoms with E-state index in [0.717, 1.165) is 4.47 Å². The first-order valence-electron chi connectivity index (χ1n) is 5.19. The molecular weight excluding hydrogens is 296 g/mol. The number of anilines is 1. The van der Waals surface area contributed by atoms with Gasteiger partial charge in [0.15, 0.2) is 0 Å². The molecule has 0 fully saturated rings. The number of hydrogen-bond donors (Lipinski definition) is 2. The molecule has 0 aliphatic rings. The predicted octanol–water partition coefficient (Wildman–Crippen LogP) is 2.92. The van der Waals surface area contributed by atoms with Crippen LogP contribution in [0.1, 0.15) is 10.4 Å². The Labute approximate surface area is 113 Å². The van der Waals surface area contributed by atoms with Crippen LogP contribution in [0.25, 0.3) is 0 Å². The van der Waals surface area contributed by atoms with Crippen LogP contribution in [0.15, 0.2) is 46.9 Å². The van der Waals surface area contributed by atoms with E-state index < -0.39 is 5.91 Å². The third-order valence-corrected chi connectivity index (χ3v) is 2.81. The molecule has 2 aromatic carbocycles. The van der Waals surface area contributed by atoms with Gasteiger partial charge in [-0.1, -0.05) is 15.9 Å². The lowest BCUT2D eigenvalue weighted by molar-refractivity contribution is 0.0998. The van der Waals surface area contributed by atoms with E-state index in [4.69, 9.17) is 16.2 Å². The van der Waals surface area contributed by atoms with Crippen molar-refractivity contribution in [3.05, 3.63) is 52.5 Å². The lowest BCUT2D eigenvalue weighted by atomic mass is 10.2. The number of rotatable bonds is 3. The molecule has 0 unspecified atom stereocenters. The number of carbonyl (C=O) groups excluding carboxylic acids is 1. The SMILES string of the molecule is NC(=O)c1ccc(Br)cc1Oc1ccc(N)cc1. The number of hydrogen-bond acceptors (Lipinski definition) is 3.